The summed E-state index contributed by atoms with van der Waals surface area (Å²) in [6.07, 6.45) is -8.97. The highest BCUT2D eigenvalue weighted by atomic mass is 16.7. The number of carbonyl (C=O) groups excluding carboxylic acids is 1. The number of methoxy groups -OCH3 is 1. The number of hydrogen-bond donors (Lipinski definition) is 6. The molecule has 0 spiro atoms. The number of hydrogen-bond acceptors (Lipinski definition) is 12. The number of aliphatic hydroxyl groups excluding tert-OH is 5. The molecule has 8 atom stereocenters. The minimum absolute atomic E-state index is 0.0731. The Labute approximate surface area is 182 Å². The zero-order chi connectivity index (χ0) is 23.4. The van der Waals surface area contributed by atoms with Crippen molar-refractivity contribution in [1.82, 2.24) is 0 Å². The molecular weight excluding hydrogens is 432 g/mol. The van der Waals surface area contributed by atoms with E-state index < -0.39 is 61.8 Å². The number of rotatable bonds is 7. The first kappa shape index (κ1) is 24.4. The van der Waals surface area contributed by atoms with Crippen molar-refractivity contribution in [2.45, 2.75) is 49.2 Å². The molecule has 178 valence electrons. The van der Waals surface area contributed by atoms with Crippen molar-refractivity contribution >= 4 is 12.0 Å². The van der Waals surface area contributed by atoms with Crippen molar-refractivity contribution in [1.29, 1.82) is 0 Å². The molecule has 1 aromatic carbocycles. The molecule has 0 aromatic heterocycles. The molecule has 0 radical (unpaired) electrons. The van der Waals surface area contributed by atoms with E-state index in [2.05, 4.69) is 0 Å². The standard InChI is InChI=1S/C20H26O12/c1-28-12-6-9(2-4-10(12)22)3-5-14(24)31-18-15(25)13(7-21)30-20(18)32-17-11(23)8-29-19(27)16(17)26/h2-6,11,13,15-23,25-27H,7-8H2,1H3/b5-3+/t11-,13+,15+,16-,17+,18-,19-,20+/m1/s1. The lowest BCUT2D eigenvalue weighted by Gasteiger charge is -2.37. The molecule has 6 N–H and O–H groups in total. The highest BCUT2D eigenvalue weighted by molar-refractivity contribution is 5.87. The van der Waals surface area contributed by atoms with Crippen LogP contribution >= 0.6 is 0 Å². The fourth-order valence-electron chi connectivity index (χ4n) is 3.33. The van der Waals surface area contributed by atoms with E-state index >= 15 is 0 Å². The fourth-order valence-corrected chi connectivity index (χ4v) is 3.33. The lowest BCUT2D eigenvalue weighted by molar-refractivity contribution is -0.299. The molecule has 12 nitrogen and oxygen atoms in total. The Balaban J connectivity index is 1.69. The molecule has 1 aromatic rings. The molecule has 0 unspecified atom stereocenters. The zero-order valence-electron chi connectivity index (χ0n) is 17.1. The van der Waals surface area contributed by atoms with Gasteiger partial charge in [0.1, 0.15) is 30.5 Å². The van der Waals surface area contributed by atoms with Crippen molar-refractivity contribution in [3.05, 3.63) is 29.8 Å². The summed E-state index contributed by atoms with van der Waals surface area (Å²) in [7, 11) is 1.38. The number of phenolic OH excluding ortho intramolecular Hbond substituents is 1. The number of benzene rings is 1. The first-order valence-corrected chi connectivity index (χ1v) is 9.76. The largest absolute Gasteiger partial charge is 0.504 e. The molecule has 2 saturated heterocycles. The Morgan fingerprint density at radius 2 is 1.94 bits per heavy atom. The number of carbonyl (C=O) groups is 1. The maximum atomic E-state index is 12.3. The van der Waals surface area contributed by atoms with Gasteiger partial charge >= 0.3 is 5.97 Å². The van der Waals surface area contributed by atoms with E-state index in [1.54, 1.807) is 0 Å². The van der Waals surface area contributed by atoms with Gasteiger partial charge in [-0.25, -0.2) is 4.79 Å². The predicted octanol–water partition coefficient (Wildman–Crippen LogP) is -2.14. The predicted molar refractivity (Wildman–Crippen MR) is 104 cm³/mol. The molecule has 0 amide bonds. The van der Waals surface area contributed by atoms with E-state index in [0.717, 1.165) is 6.08 Å². The number of phenols is 1. The number of aliphatic hydroxyl groups is 5. The van der Waals surface area contributed by atoms with Crippen LogP contribution in [0.1, 0.15) is 5.56 Å². The Bertz CT molecular complexity index is 814. The highest BCUT2D eigenvalue weighted by Gasteiger charge is 2.50. The van der Waals surface area contributed by atoms with Crippen molar-refractivity contribution in [3.8, 4) is 11.5 Å². The van der Waals surface area contributed by atoms with E-state index in [4.69, 9.17) is 23.7 Å². The van der Waals surface area contributed by atoms with Gasteiger partial charge in [-0.05, 0) is 23.8 Å². The zero-order valence-corrected chi connectivity index (χ0v) is 17.1. The summed E-state index contributed by atoms with van der Waals surface area (Å²) < 4.78 is 25.9. The van der Waals surface area contributed by atoms with Gasteiger partial charge in [0.05, 0.1) is 20.3 Å². The maximum absolute atomic E-state index is 12.3. The Morgan fingerprint density at radius 1 is 1.19 bits per heavy atom. The van der Waals surface area contributed by atoms with Crippen LogP contribution in [-0.2, 0) is 23.7 Å². The van der Waals surface area contributed by atoms with Crippen LogP contribution in [0.2, 0.25) is 0 Å². The third kappa shape index (κ3) is 5.36. The van der Waals surface area contributed by atoms with Gasteiger partial charge in [0, 0.05) is 6.08 Å². The van der Waals surface area contributed by atoms with Crippen LogP contribution in [0.4, 0.5) is 0 Å². The summed E-state index contributed by atoms with van der Waals surface area (Å²) in [5, 5.41) is 59.0. The van der Waals surface area contributed by atoms with Crippen molar-refractivity contribution in [3.63, 3.8) is 0 Å². The molecular formula is C20H26O12. The van der Waals surface area contributed by atoms with Crippen molar-refractivity contribution < 1.29 is 59.1 Å². The average Bonchev–Trinajstić information content (AvgIpc) is 3.07. The third-order valence-corrected chi connectivity index (χ3v) is 5.08. The Kier molecular flexibility index (Phi) is 8.03. The number of aromatic hydroxyl groups is 1. The molecule has 0 saturated carbocycles. The topological polar surface area (TPSA) is 185 Å². The summed E-state index contributed by atoms with van der Waals surface area (Å²) in [5.41, 5.74) is 0.517. The summed E-state index contributed by atoms with van der Waals surface area (Å²) in [6, 6.07) is 4.40. The smallest absolute Gasteiger partial charge is 0.331 e. The van der Waals surface area contributed by atoms with Gasteiger partial charge in [-0.1, -0.05) is 6.07 Å². The summed E-state index contributed by atoms with van der Waals surface area (Å²) in [4.78, 5) is 12.3. The monoisotopic (exact) mass is 458 g/mol. The minimum atomic E-state index is -1.63. The highest BCUT2D eigenvalue weighted by Crippen LogP contribution is 2.30. The van der Waals surface area contributed by atoms with Gasteiger partial charge in [0.15, 0.2) is 30.2 Å². The second-order valence-electron chi connectivity index (χ2n) is 7.26. The van der Waals surface area contributed by atoms with E-state index in [9.17, 15) is 35.4 Å². The molecule has 3 rings (SSSR count). The van der Waals surface area contributed by atoms with E-state index in [1.807, 2.05) is 0 Å². The van der Waals surface area contributed by atoms with Crippen LogP contribution in [0, 0.1) is 0 Å². The fraction of sp³-hybridized carbons (Fsp3) is 0.550. The molecule has 32 heavy (non-hydrogen) atoms. The summed E-state index contributed by atoms with van der Waals surface area (Å²) in [5.74, 6) is -0.753. The Morgan fingerprint density at radius 3 is 2.62 bits per heavy atom. The SMILES string of the molecule is COc1cc(/C=C/C(=O)O[C@H]2[C@H](O[C@@H]3[C@@H](O)[C@H](O)OC[C@H]3O)O[C@@H](CO)[C@@H]2O)ccc1O. The second kappa shape index (κ2) is 10.6. The first-order chi connectivity index (χ1) is 15.2. The van der Waals surface area contributed by atoms with Crippen LogP contribution in [0.15, 0.2) is 24.3 Å². The van der Waals surface area contributed by atoms with Crippen molar-refractivity contribution in [2.24, 2.45) is 0 Å². The van der Waals surface area contributed by atoms with E-state index in [-0.39, 0.29) is 18.1 Å². The van der Waals surface area contributed by atoms with Crippen LogP contribution in [-0.4, -0.2) is 106 Å². The van der Waals surface area contributed by atoms with Gasteiger partial charge in [0.25, 0.3) is 0 Å². The normalized spacial score (nSPS) is 35.2. The molecule has 2 fully saturated rings. The molecule has 2 aliphatic rings. The van der Waals surface area contributed by atoms with Crippen molar-refractivity contribution in [2.75, 3.05) is 20.3 Å². The van der Waals surface area contributed by atoms with Crippen LogP contribution in [0.3, 0.4) is 0 Å². The lowest BCUT2D eigenvalue weighted by atomic mass is 10.0. The third-order valence-electron chi connectivity index (χ3n) is 5.08. The van der Waals surface area contributed by atoms with Gasteiger partial charge in [-0.3, -0.25) is 0 Å². The van der Waals surface area contributed by atoms with Crippen LogP contribution in [0.5, 0.6) is 11.5 Å². The molecule has 0 aliphatic carbocycles. The molecule has 12 heteroatoms. The van der Waals surface area contributed by atoms with Crippen LogP contribution < -0.4 is 4.74 Å². The molecule has 2 aliphatic heterocycles. The first-order valence-electron chi connectivity index (χ1n) is 9.76. The number of ether oxygens (including phenoxy) is 5. The van der Waals surface area contributed by atoms with E-state index in [0.29, 0.717) is 5.56 Å². The van der Waals surface area contributed by atoms with Gasteiger partial charge < -0.3 is 54.3 Å². The summed E-state index contributed by atoms with van der Waals surface area (Å²) >= 11 is 0. The molecule has 2 heterocycles. The Hall–Kier alpha value is -2.29. The summed E-state index contributed by atoms with van der Waals surface area (Å²) in [6.45, 7) is -0.940. The molecule has 0 bridgehead atoms. The quantitative estimate of drug-likeness (QED) is 0.193. The van der Waals surface area contributed by atoms with Gasteiger partial charge in [0.2, 0.25) is 0 Å². The average molecular weight is 458 g/mol. The minimum Gasteiger partial charge on any atom is -0.504 e. The lowest BCUT2D eigenvalue weighted by Crippen LogP contribution is -2.56. The second-order valence-corrected chi connectivity index (χ2v) is 7.26. The van der Waals surface area contributed by atoms with Gasteiger partial charge in [-0.15, -0.1) is 0 Å². The maximum Gasteiger partial charge on any atom is 0.331 e. The van der Waals surface area contributed by atoms with Crippen LogP contribution in [0.25, 0.3) is 6.08 Å². The number of esters is 1. The van der Waals surface area contributed by atoms with E-state index in [1.165, 1.54) is 31.4 Å². The van der Waals surface area contributed by atoms with Gasteiger partial charge in [-0.2, -0.15) is 0 Å².